The van der Waals surface area contributed by atoms with Gasteiger partial charge in [0.15, 0.2) is 0 Å². The second kappa shape index (κ2) is 9.64. The fourth-order valence-electron chi connectivity index (χ4n) is 3.96. The Balaban J connectivity index is 1.39. The summed E-state index contributed by atoms with van der Waals surface area (Å²) in [6.07, 6.45) is 1.71. The number of carbonyl (C=O) groups is 2. The number of rotatable bonds is 8. The molecule has 2 aromatic rings. The third-order valence-corrected chi connectivity index (χ3v) is 5.63. The summed E-state index contributed by atoms with van der Waals surface area (Å²) in [5, 5.41) is 7.13. The second-order valence-corrected chi connectivity index (χ2v) is 7.99. The van der Waals surface area contributed by atoms with Gasteiger partial charge in [-0.25, -0.2) is 0 Å². The first kappa shape index (κ1) is 20.9. The van der Waals surface area contributed by atoms with Gasteiger partial charge in [-0.05, 0) is 29.7 Å². The Bertz CT molecular complexity index is 943. The number of hydrogen-bond donors (Lipinski definition) is 1. The van der Waals surface area contributed by atoms with Gasteiger partial charge in [0.2, 0.25) is 12.0 Å². The summed E-state index contributed by atoms with van der Waals surface area (Å²) >= 11 is 0. The van der Waals surface area contributed by atoms with Crippen molar-refractivity contribution in [1.82, 2.24) is 10.2 Å². The summed E-state index contributed by atoms with van der Waals surface area (Å²) in [5.74, 6) is 0.745. The van der Waals surface area contributed by atoms with Crippen LogP contribution in [-0.2, 0) is 27.4 Å². The third kappa shape index (κ3) is 5.42. The van der Waals surface area contributed by atoms with Crippen molar-refractivity contribution in [1.29, 1.82) is 0 Å². The zero-order valence-corrected chi connectivity index (χ0v) is 17.6. The lowest BCUT2D eigenvalue weighted by atomic mass is 10.0. The van der Waals surface area contributed by atoms with E-state index in [0.29, 0.717) is 32.4 Å². The van der Waals surface area contributed by atoms with Gasteiger partial charge in [0, 0.05) is 38.4 Å². The molecule has 7 nitrogen and oxygen atoms in total. The van der Waals surface area contributed by atoms with Crippen LogP contribution in [-0.4, -0.2) is 48.2 Å². The minimum Gasteiger partial charge on any atom is -0.497 e. The maximum atomic E-state index is 13.3. The maximum absolute atomic E-state index is 13.3. The number of hydrogen-bond acceptors (Lipinski definition) is 5. The molecule has 162 valence electrons. The summed E-state index contributed by atoms with van der Waals surface area (Å²) in [6, 6.07) is 17.6. The van der Waals surface area contributed by atoms with Crippen LogP contribution in [0.25, 0.3) is 0 Å². The molecule has 1 saturated heterocycles. The lowest BCUT2D eigenvalue weighted by molar-refractivity contribution is -0.143. The fraction of sp³-hybridized carbons (Fsp3) is 0.375. The summed E-state index contributed by atoms with van der Waals surface area (Å²) in [7, 11) is 1.64. The van der Waals surface area contributed by atoms with Crippen molar-refractivity contribution >= 4 is 17.5 Å². The number of oxime groups is 1. The molecule has 2 amide bonds. The van der Waals surface area contributed by atoms with Crippen molar-refractivity contribution in [2.24, 2.45) is 5.16 Å². The number of benzene rings is 2. The van der Waals surface area contributed by atoms with E-state index < -0.39 is 6.10 Å². The monoisotopic (exact) mass is 421 g/mol. The molecule has 0 aromatic heterocycles. The topological polar surface area (TPSA) is 80.2 Å². The van der Waals surface area contributed by atoms with Gasteiger partial charge in [-0.2, -0.15) is 0 Å². The standard InChI is InChI=1S/C24H27N3O4/c1-30-21-10-7-17(8-11-21)13-20-14-22(31-26-20)24(29)27(15-18-5-3-2-4-6-18)16-19-9-12-23(28)25-19/h2-8,10-11,19,22H,9,12-16H2,1H3,(H,25,28)/t19-,22+/m0/s1. The van der Waals surface area contributed by atoms with Gasteiger partial charge in [0.25, 0.3) is 5.91 Å². The Morgan fingerprint density at radius 3 is 2.61 bits per heavy atom. The molecular weight excluding hydrogens is 394 g/mol. The Hall–Kier alpha value is -3.35. The van der Waals surface area contributed by atoms with Crippen molar-refractivity contribution in [2.45, 2.75) is 44.4 Å². The predicted octanol–water partition coefficient (Wildman–Crippen LogP) is 2.69. The number of ether oxygens (including phenoxy) is 1. The Morgan fingerprint density at radius 2 is 1.94 bits per heavy atom. The summed E-state index contributed by atoms with van der Waals surface area (Å²) in [6.45, 7) is 0.937. The van der Waals surface area contributed by atoms with Gasteiger partial charge in [-0.1, -0.05) is 47.6 Å². The fourth-order valence-corrected chi connectivity index (χ4v) is 3.96. The highest BCUT2D eigenvalue weighted by molar-refractivity contribution is 5.94. The molecule has 0 radical (unpaired) electrons. The van der Waals surface area contributed by atoms with E-state index in [9.17, 15) is 9.59 Å². The quantitative estimate of drug-likeness (QED) is 0.711. The highest BCUT2D eigenvalue weighted by Crippen LogP contribution is 2.20. The lowest BCUT2D eigenvalue weighted by Gasteiger charge is -2.27. The van der Waals surface area contributed by atoms with Crippen LogP contribution >= 0.6 is 0 Å². The van der Waals surface area contributed by atoms with Crippen LogP contribution in [0.4, 0.5) is 0 Å². The van der Waals surface area contributed by atoms with Crippen LogP contribution in [0, 0.1) is 0 Å². The molecule has 1 N–H and O–H groups in total. The molecule has 0 spiro atoms. The number of nitrogens with one attached hydrogen (secondary N) is 1. The van der Waals surface area contributed by atoms with Gasteiger partial charge in [0.05, 0.1) is 12.8 Å². The number of carbonyl (C=O) groups excluding carboxylic acids is 2. The Morgan fingerprint density at radius 1 is 1.16 bits per heavy atom. The van der Waals surface area contributed by atoms with Crippen molar-refractivity contribution in [3.63, 3.8) is 0 Å². The van der Waals surface area contributed by atoms with Gasteiger partial charge in [-0.3, -0.25) is 9.59 Å². The molecule has 0 aliphatic carbocycles. The van der Waals surface area contributed by atoms with Crippen LogP contribution < -0.4 is 10.1 Å². The molecule has 7 heteroatoms. The average molecular weight is 421 g/mol. The van der Waals surface area contributed by atoms with Crippen LogP contribution in [0.3, 0.4) is 0 Å². The second-order valence-electron chi connectivity index (χ2n) is 7.99. The van der Waals surface area contributed by atoms with Crippen molar-refractivity contribution in [3.05, 3.63) is 65.7 Å². The predicted molar refractivity (Wildman–Crippen MR) is 117 cm³/mol. The molecule has 0 unspecified atom stereocenters. The molecule has 2 atom stereocenters. The van der Waals surface area contributed by atoms with Gasteiger partial charge in [0.1, 0.15) is 5.75 Å². The Kier molecular flexibility index (Phi) is 6.50. The smallest absolute Gasteiger partial charge is 0.267 e. The zero-order chi connectivity index (χ0) is 21.6. The van der Waals surface area contributed by atoms with E-state index in [1.165, 1.54) is 0 Å². The Labute approximate surface area is 182 Å². The molecule has 2 heterocycles. The summed E-state index contributed by atoms with van der Waals surface area (Å²) in [5.41, 5.74) is 2.97. The van der Waals surface area contributed by atoms with Crippen LogP contribution in [0.1, 0.15) is 30.4 Å². The van der Waals surface area contributed by atoms with E-state index in [1.807, 2.05) is 54.6 Å². The molecule has 31 heavy (non-hydrogen) atoms. The van der Waals surface area contributed by atoms with Crippen LogP contribution in [0.15, 0.2) is 59.8 Å². The van der Waals surface area contributed by atoms with Crippen molar-refractivity contribution in [3.8, 4) is 5.75 Å². The van der Waals surface area contributed by atoms with E-state index in [-0.39, 0.29) is 17.9 Å². The highest BCUT2D eigenvalue weighted by atomic mass is 16.6. The SMILES string of the molecule is COc1ccc(CC2=NO[C@@H](C(=O)N(Cc3ccccc3)C[C@@H]3CCC(=O)N3)C2)cc1. The first-order valence-electron chi connectivity index (χ1n) is 10.6. The minimum atomic E-state index is -0.630. The minimum absolute atomic E-state index is 0.0266. The van der Waals surface area contributed by atoms with E-state index in [1.54, 1.807) is 12.0 Å². The largest absolute Gasteiger partial charge is 0.497 e. The lowest BCUT2D eigenvalue weighted by Crippen LogP contribution is -2.45. The maximum Gasteiger partial charge on any atom is 0.267 e. The highest BCUT2D eigenvalue weighted by Gasteiger charge is 2.34. The molecule has 0 bridgehead atoms. The number of nitrogens with zero attached hydrogens (tertiary/aromatic N) is 2. The van der Waals surface area contributed by atoms with Crippen molar-refractivity contribution in [2.75, 3.05) is 13.7 Å². The molecule has 2 aromatic carbocycles. The van der Waals surface area contributed by atoms with Gasteiger partial charge >= 0.3 is 0 Å². The zero-order valence-electron chi connectivity index (χ0n) is 17.6. The van der Waals surface area contributed by atoms with E-state index >= 15 is 0 Å². The first-order valence-corrected chi connectivity index (χ1v) is 10.6. The van der Waals surface area contributed by atoms with Crippen LogP contribution in [0.2, 0.25) is 0 Å². The van der Waals surface area contributed by atoms with Gasteiger partial charge < -0.3 is 19.8 Å². The van der Waals surface area contributed by atoms with Gasteiger partial charge in [-0.15, -0.1) is 0 Å². The van der Waals surface area contributed by atoms with Crippen molar-refractivity contribution < 1.29 is 19.2 Å². The molecule has 2 aliphatic rings. The molecule has 4 rings (SSSR count). The number of amides is 2. The summed E-state index contributed by atoms with van der Waals surface area (Å²) in [4.78, 5) is 32.2. The molecule has 0 saturated carbocycles. The van der Waals surface area contributed by atoms with Crippen LogP contribution in [0.5, 0.6) is 5.75 Å². The normalized spacial score (nSPS) is 20.0. The molecule has 2 aliphatic heterocycles. The first-order chi connectivity index (χ1) is 15.1. The average Bonchev–Trinajstić information content (AvgIpc) is 3.43. The molecule has 1 fully saturated rings. The third-order valence-electron chi connectivity index (χ3n) is 5.63. The van der Waals surface area contributed by atoms with E-state index in [2.05, 4.69) is 10.5 Å². The summed E-state index contributed by atoms with van der Waals surface area (Å²) < 4.78 is 5.19. The molecular formula is C24H27N3O4. The van der Waals surface area contributed by atoms with E-state index in [0.717, 1.165) is 29.0 Å². The van der Waals surface area contributed by atoms with E-state index in [4.69, 9.17) is 9.57 Å². The number of methoxy groups -OCH3 is 1.